The molecule has 0 fully saturated rings. The van der Waals surface area contributed by atoms with Crippen LogP contribution in [0.1, 0.15) is 15.9 Å². The van der Waals surface area contributed by atoms with Crippen LogP contribution in [-0.2, 0) is 6.54 Å². The van der Waals surface area contributed by atoms with Gasteiger partial charge in [-0.05, 0) is 18.2 Å². The standard InChI is InChI=1S/C16H18N2O2/c1-18(2)16(20)13-8-4-5-9-14(13)17-11-12-7-3-6-10-15(12)19/h3-10,17,19H,11H2,1-2H3. The zero-order valence-corrected chi connectivity index (χ0v) is 11.6. The summed E-state index contributed by atoms with van der Waals surface area (Å²) in [6.45, 7) is 0.463. The second kappa shape index (κ2) is 6.10. The van der Waals surface area contributed by atoms with E-state index in [1.807, 2.05) is 30.3 Å². The summed E-state index contributed by atoms with van der Waals surface area (Å²) in [5, 5.41) is 12.9. The van der Waals surface area contributed by atoms with Crippen LogP contribution in [0, 0.1) is 0 Å². The summed E-state index contributed by atoms with van der Waals surface area (Å²) in [6, 6.07) is 14.5. The molecule has 0 aromatic heterocycles. The molecule has 0 spiro atoms. The molecule has 0 aliphatic heterocycles. The minimum absolute atomic E-state index is 0.0506. The lowest BCUT2D eigenvalue weighted by Crippen LogP contribution is -2.22. The van der Waals surface area contributed by atoms with Crippen LogP contribution in [0.3, 0.4) is 0 Å². The van der Waals surface area contributed by atoms with Gasteiger partial charge in [-0.25, -0.2) is 0 Å². The number of phenolic OH excluding ortho intramolecular Hbond substituents is 1. The van der Waals surface area contributed by atoms with Crippen molar-refractivity contribution in [2.75, 3.05) is 19.4 Å². The Balaban J connectivity index is 2.18. The van der Waals surface area contributed by atoms with E-state index in [4.69, 9.17) is 0 Å². The fourth-order valence-corrected chi connectivity index (χ4v) is 1.92. The lowest BCUT2D eigenvalue weighted by atomic mass is 10.1. The molecule has 104 valence electrons. The predicted octanol–water partition coefficient (Wildman–Crippen LogP) is 2.71. The molecule has 0 atom stereocenters. The highest BCUT2D eigenvalue weighted by atomic mass is 16.3. The summed E-state index contributed by atoms with van der Waals surface area (Å²) in [4.78, 5) is 13.6. The Morgan fingerprint density at radius 3 is 2.45 bits per heavy atom. The van der Waals surface area contributed by atoms with E-state index in [1.54, 1.807) is 37.2 Å². The van der Waals surface area contributed by atoms with Gasteiger partial charge in [-0.3, -0.25) is 4.79 Å². The van der Waals surface area contributed by atoms with E-state index in [1.165, 1.54) is 0 Å². The summed E-state index contributed by atoms with van der Waals surface area (Å²) in [7, 11) is 3.45. The summed E-state index contributed by atoms with van der Waals surface area (Å²) in [6.07, 6.45) is 0. The summed E-state index contributed by atoms with van der Waals surface area (Å²) in [5.41, 5.74) is 2.17. The number of para-hydroxylation sites is 2. The lowest BCUT2D eigenvalue weighted by molar-refractivity contribution is 0.0828. The molecule has 0 aliphatic rings. The third-order valence-corrected chi connectivity index (χ3v) is 3.02. The van der Waals surface area contributed by atoms with Crippen molar-refractivity contribution in [2.45, 2.75) is 6.54 Å². The molecule has 2 N–H and O–H groups in total. The number of hydrogen-bond acceptors (Lipinski definition) is 3. The Morgan fingerprint density at radius 2 is 1.75 bits per heavy atom. The Hall–Kier alpha value is -2.49. The number of carbonyl (C=O) groups is 1. The Labute approximate surface area is 118 Å². The molecule has 1 amide bonds. The minimum Gasteiger partial charge on any atom is -0.508 e. The molecule has 20 heavy (non-hydrogen) atoms. The molecule has 4 nitrogen and oxygen atoms in total. The van der Waals surface area contributed by atoms with Crippen LogP contribution in [0.4, 0.5) is 5.69 Å². The normalized spacial score (nSPS) is 10.1. The van der Waals surface area contributed by atoms with Crippen molar-refractivity contribution in [3.8, 4) is 5.75 Å². The van der Waals surface area contributed by atoms with Crippen molar-refractivity contribution in [1.29, 1.82) is 0 Å². The highest BCUT2D eigenvalue weighted by Crippen LogP contribution is 2.20. The van der Waals surface area contributed by atoms with Crippen molar-refractivity contribution < 1.29 is 9.90 Å². The number of hydrogen-bond donors (Lipinski definition) is 2. The molecule has 0 bridgehead atoms. The number of carbonyl (C=O) groups excluding carboxylic acids is 1. The molecule has 0 heterocycles. The first-order chi connectivity index (χ1) is 9.59. The third kappa shape index (κ3) is 3.09. The van der Waals surface area contributed by atoms with E-state index in [0.717, 1.165) is 11.3 Å². The molecule has 0 saturated carbocycles. The first kappa shape index (κ1) is 13.9. The molecule has 0 saturated heterocycles. The number of amides is 1. The van der Waals surface area contributed by atoms with E-state index >= 15 is 0 Å². The second-order valence-corrected chi connectivity index (χ2v) is 4.73. The van der Waals surface area contributed by atoms with Crippen LogP contribution < -0.4 is 5.32 Å². The number of benzene rings is 2. The Morgan fingerprint density at radius 1 is 1.10 bits per heavy atom. The molecule has 2 aromatic carbocycles. The fourth-order valence-electron chi connectivity index (χ4n) is 1.92. The molecule has 0 radical (unpaired) electrons. The third-order valence-electron chi connectivity index (χ3n) is 3.02. The highest BCUT2D eigenvalue weighted by Gasteiger charge is 2.12. The summed E-state index contributed by atoms with van der Waals surface area (Å²) in [5.74, 6) is 0.196. The summed E-state index contributed by atoms with van der Waals surface area (Å²) >= 11 is 0. The monoisotopic (exact) mass is 270 g/mol. The molecule has 0 aliphatic carbocycles. The second-order valence-electron chi connectivity index (χ2n) is 4.73. The SMILES string of the molecule is CN(C)C(=O)c1ccccc1NCc1ccccc1O. The number of rotatable bonds is 4. The average molecular weight is 270 g/mol. The lowest BCUT2D eigenvalue weighted by Gasteiger charge is -2.15. The van der Waals surface area contributed by atoms with Crippen LogP contribution in [0.2, 0.25) is 0 Å². The van der Waals surface area contributed by atoms with Gasteiger partial charge >= 0.3 is 0 Å². The van der Waals surface area contributed by atoms with Crippen LogP contribution in [-0.4, -0.2) is 30.0 Å². The van der Waals surface area contributed by atoms with E-state index in [0.29, 0.717) is 12.1 Å². The molecule has 2 aromatic rings. The molecule has 4 heteroatoms. The predicted molar refractivity (Wildman–Crippen MR) is 79.9 cm³/mol. The largest absolute Gasteiger partial charge is 0.508 e. The van der Waals surface area contributed by atoms with Crippen molar-refractivity contribution in [3.05, 3.63) is 59.7 Å². The van der Waals surface area contributed by atoms with Crippen LogP contribution in [0.25, 0.3) is 0 Å². The van der Waals surface area contributed by atoms with Gasteiger partial charge in [0, 0.05) is 31.9 Å². The maximum Gasteiger partial charge on any atom is 0.255 e. The van der Waals surface area contributed by atoms with Crippen molar-refractivity contribution in [2.24, 2.45) is 0 Å². The van der Waals surface area contributed by atoms with Crippen molar-refractivity contribution in [1.82, 2.24) is 4.90 Å². The van der Waals surface area contributed by atoms with Crippen molar-refractivity contribution in [3.63, 3.8) is 0 Å². The summed E-state index contributed by atoms with van der Waals surface area (Å²) < 4.78 is 0. The van der Waals surface area contributed by atoms with Gasteiger partial charge in [0.2, 0.25) is 0 Å². The molecule has 0 unspecified atom stereocenters. The molecule has 2 rings (SSSR count). The maximum absolute atomic E-state index is 12.1. The first-order valence-corrected chi connectivity index (χ1v) is 6.41. The number of aromatic hydroxyl groups is 1. The number of nitrogens with one attached hydrogen (secondary N) is 1. The van der Waals surface area contributed by atoms with Crippen LogP contribution >= 0.6 is 0 Å². The zero-order chi connectivity index (χ0) is 14.5. The average Bonchev–Trinajstić information content (AvgIpc) is 2.46. The van der Waals surface area contributed by atoms with Gasteiger partial charge in [-0.15, -0.1) is 0 Å². The van der Waals surface area contributed by atoms with Gasteiger partial charge in [0.25, 0.3) is 5.91 Å². The maximum atomic E-state index is 12.1. The van der Waals surface area contributed by atoms with Crippen molar-refractivity contribution >= 4 is 11.6 Å². The van der Waals surface area contributed by atoms with Gasteiger partial charge in [0.15, 0.2) is 0 Å². The van der Waals surface area contributed by atoms with E-state index < -0.39 is 0 Å². The number of nitrogens with zero attached hydrogens (tertiary/aromatic N) is 1. The zero-order valence-electron chi connectivity index (χ0n) is 11.6. The van der Waals surface area contributed by atoms with E-state index in [9.17, 15) is 9.90 Å². The number of anilines is 1. The fraction of sp³-hybridized carbons (Fsp3) is 0.188. The van der Waals surface area contributed by atoms with Crippen LogP contribution in [0.5, 0.6) is 5.75 Å². The molecular formula is C16H18N2O2. The molecular weight excluding hydrogens is 252 g/mol. The Kier molecular flexibility index (Phi) is 4.25. The van der Waals surface area contributed by atoms with Gasteiger partial charge in [0.1, 0.15) is 5.75 Å². The Bertz CT molecular complexity index is 609. The van der Waals surface area contributed by atoms with Gasteiger partial charge < -0.3 is 15.3 Å². The topological polar surface area (TPSA) is 52.6 Å². The first-order valence-electron chi connectivity index (χ1n) is 6.41. The quantitative estimate of drug-likeness (QED) is 0.898. The van der Waals surface area contributed by atoms with Gasteiger partial charge in [0.05, 0.1) is 5.56 Å². The van der Waals surface area contributed by atoms with E-state index in [2.05, 4.69) is 5.32 Å². The minimum atomic E-state index is -0.0506. The highest BCUT2D eigenvalue weighted by molar-refractivity contribution is 5.99. The smallest absolute Gasteiger partial charge is 0.255 e. The number of phenols is 1. The van der Waals surface area contributed by atoms with Gasteiger partial charge in [-0.1, -0.05) is 30.3 Å². The van der Waals surface area contributed by atoms with E-state index in [-0.39, 0.29) is 11.7 Å². The van der Waals surface area contributed by atoms with Gasteiger partial charge in [-0.2, -0.15) is 0 Å². The van der Waals surface area contributed by atoms with Crippen LogP contribution in [0.15, 0.2) is 48.5 Å².